The second-order valence-corrected chi connectivity index (χ2v) is 4.27. The van der Waals surface area contributed by atoms with Crippen molar-refractivity contribution in [1.29, 1.82) is 5.41 Å². The van der Waals surface area contributed by atoms with Gasteiger partial charge in [-0.3, -0.25) is 4.79 Å². The first kappa shape index (κ1) is 16.0. The lowest BCUT2D eigenvalue weighted by molar-refractivity contribution is -0.149. The quantitative estimate of drug-likeness (QED) is 0.400. The normalized spacial score (nSPS) is 23.2. The summed E-state index contributed by atoms with van der Waals surface area (Å²) >= 11 is 0. The monoisotopic (exact) mass is 294 g/mol. The molecule has 3 N–H and O–H groups in total. The first-order valence-corrected chi connectivity index (χ1v) is 5.60. The van der Waals surface area contributed by atoms with Crippen LogP contribution in [0.4, 0.5) is 13.2 Å². The molecule has 20 heavy (non-hydrogen) atoms. The molecule has 1 aliphatic rings. The van der Waals surface area contributed by atoms with Gasteiger partial charge in [0.05, 0.1) is 13.0 Å². The maximum Gasteiger partial charge on any atom is 0.431 e. The Morgan fingerprint density at radius 2 is 1.95 bits per heavy atom. The summed E-state index contributed by atoms with van der Waals surface area (Å²) in [5.74, 6) is -2.84. The molecule has 1 rings (SSSR count). The summed E-state index contributed by atoms with van der Waals surface area (Å²) in [5, 5.41) is 17.5. The number of methoxy groups -OCH3 is 1. The van der Waals surface area contributed by atoms with Crippen LogP contribution in [0.5, 0.6) is 0 Å². The number of halogens is 3. The van der Waals surface area contributed by atoms with E-state index in [0.29, 0.717) is 0 Å². The molecule has 112 valence electrons. The van der Waals surface area contributed by atoms with Gasteiger partial charge in [0.2, 0.25) is 0 Å². The number of allylic oxidation sites excluding steroid dienone is 1. The van der Waals surface area contributed by atoms with Gasteiger partial charge in [-0.15, -0.1) is 0 Å². The van der Waals surface area contributed by atoms with E-state index in [-0.39, 0.29) is 19.1 Å². The lowest BCUT2D eigenvalue weighted by Gasteiger charge is -2.35. The summed E-state index contributed by atoms with van der Waals surface area (Å²) in [6.45, 7) is 0. The molecule has 0 saturated heterocycles. The average Bonchev–Trinajstić information content (AvgIpc) is 2.28. The average molecular weight is 294 g/mol. The maximum absolute atomic E-state index is 12.8. The molecule has 6 nitrogen and oxygen atoms in total. The van der Waals surface area contributed by atoms with Gasteiger partial charge in [-0.05, 0) is 12.8 Å². The van der Waals surface area contributed by atoms with Gasteiger partial charge in [0.25, 0.3) is 0 Å². The van der Waals surface area contributed by atoms with Crippen LogP contribution in [0, 0.1) is 11.3 Å². The van der Waals surface area contributed by atoms with Gasteiger partial charge in [0.15, 0.2) is 0 Å². The number of carboxylic acid groups (broad SMARTS) is 1. The van der Waals surface area contributed by atoms with E-state index in [0.717, 1.165) is 0 Å². The van der Waals surface area contributed by atoms with E-state index < -0.39 is 41.3 Å². The topological polar surface area (TPSA) is 99.5 Å². The number of carbonyl (C=O) groups excluding carboxylic acids is 1. The van der Waals surface area contributed by atoms with Crippen molar-refractivity contribution in [2.75, 3.05) is 7.11 Å². The smallest absolute Gasteiger partial charge is 0.431 e. The molecule has 1 saturated carbocycles. The fraction of sp³-hybridized carbons (Fsp3) is 0.545. The zero-order valence-corrected chi connectivity index (χ0v) is 10.5. The van der Waals surface area contributed by atoms with Gasteiger partial charge in [0.1, 0.15) is 11.3 Å². The van der Waals surface area contributed by atoms with E-state index in [2.05, 4.69) is 4.74 Å². The highest BCUT2D eigenvalue weighted by Crippen LogP contribution is 2.33. The first-order chi connectivity index (χ1) is 9.20. The van der Waals surface area contributed by atoms with Gasteiger partial charge in [0, 0.05) is 12.3 Å². The summed E-state index contributed by atoms with van der Waals surface area (Å²) in [6, 6.07) is -0.676. The van der Waals surface area contributed by atoms with Crippen LogP contribution >= 0.6 is 0 Å². The van der Waals surface area contributed by atoms with Gasteiger partial charge in [-0.1, -0.05) is 0 Å². The van der Waals surface area contributed by atoms with Crippen LogP contribution in [0.25, 0.3) is 0 Å². The number of rotatable bonds is 5. The highest BCUT2D eigenvalue weighted by atomic mass is 19.4. The number of hydrogen-bond acceptors (Lipinski definition) is 5. The van der Waals surface area contributed by atoms with Crippen molar-refractivity contribution in [3.05, 3.63) is 11.3 Å². The second-order valence-electron chi connectivity index (χ2n) is 4.27. The number of ether oxygens (including phenoxy) is 1. The predicted molar refractivity (Wildman–Crippen MR) is 61.2 cm³/mol. The summed E-state index contributed by atoms with van der Waals surface area (Å²) in [6.07, 6.45) is -4.54. The van der Waals surface area contributed by atoms with Gasteiger partial charge in [-0.25, -0.2) is 4.79 Å². The molecule has 1 aliphatic carbocycles. The van der Waals surface area contributed by atoms with Crippen LogP contribution < -0.4 is 5.32 Å². The SMILES string of the molecule is COC(=O)[C@H]1C[C@@H](N/C(=C(\C=N)C(=O)O)C(F)(F)F)C1. The first-order valence-electron chi connectivity index (χ1n) is 5.60. The molecule has 0 heterocycles. The third-order valence-corrected chi connectivity index (χ3v) is 2.95. The summed E-state index contributed by atoms with van der Waals surface area (Å²) < 4.78 is 42.8. The summed E-state index contributed by atoms with van der Waals surface area (Å²) in [5.41, 5.74) is -2.65. The highest BCUT2D eigenvalue weighted by molar-refractivity contribution is 6.08. The van der Waals surface area contributed by atoms with Gasteiger partial charge < -0.3 is 20.6 Å². The highest BCUT2D eigenvalue weighted by Gasteiger charge is 2.43. The summed E-state index contributed by atoms with van der Waals surface area (Å²) in [7, 11) is 1.18. The minimum atomic E-state index is -4.92. The number of carbonyl (C=O) groups is 2. The van der Waals surface area contributed by atoms with E-state index in [1.54, 1.807) is 0 Å². The Morgan fingerprint density at radius 3 is 2.30 bits per heavy atom. The van der Waals surface area contributed by atoms with Crippen LogP contribution in [-0.2, 0) is 14.3 Å². The van der Waals surface area contributed by atoms with E-state index in [4.69, 9.17) is 10.5 Å². The number of esters is 1. The van der Waals surface area contributed by atoms with Crippen molar-refractivity contribution in [3.63, 3.8) is 0 Å². The van der Waals surface area contributed by atoms with Crippen molar-refractivity contribution in [3.8, 4) is 0 Å². The maximum atomic E-state index is 12.8. The molecule has 0 radical (unpaired) electrons. The van der Waals surface area contributed by atoms with E-state index >= 15 is 0 Å². The van der Waals surface area contributed by atoms with Crippen molar-refractivity contribution in [1.82, 2.24) is 5.32 Å². The summed E-state index contributed by atoms with van der Waals surface area (Å²) in [4.78, 5) is 21.8. The van der Waals surface area contributed by atoms with Crippen LogP contribution in [0.3, 0.4) is 0 Å². The minimum absolute atomic E-state index is 0.122. The molecule has 0 spiro atoms. The number of aliphatic carboxylic acids is 1. The molecule has 0 aromatic rings. The molecule has 0 unspecified atom stereocenters. The molecule has 0 bridgehead atoms. The Labute approximate surface area is 112 Å². The van der Waals surface area contributed by atoms with Crippen molar-refractivity contribution in [2.45, 2.75) is 25.1 Å². The molecular formula is C11H13F3N2O4. The third-order valence-electron chi connectivity index (χ3n) is 2.95. The molecule has 0 amide bonds. The lowest BCUT2D eigenvalue weighted by atomic mass is 9.80. The molecular weight excluding hydrogens is 281 g/mol. The Balaban J connectivity index is 2.83. The van der Waals surface area contributed by atoms with Crippen LogP contribution in [0.1, 0.15) is 12.8 Å². The Bertz CT molecular complexity index is 453. The van der Waals surface area contributed by atoms with Crippen molar-refractivity contribution >= 4 is 18.2 Å². The molecule has 0 aliphatic heterocycles. The van der Waals surface area contributed by atoms with E-state index in [9.17, 15) is 22.8 Å². The van der Waals surface area contributed by atoms with E-state index in [1.165, 1.54) is 7.11 Å². The van der Waals surface area contributed by atoms with Gasteiger partial charge >= 0.3 is 18.1 Å². The Morgan fingerprint density at radius 1 is 1.40 bits per heavy atom. The second kappa shape index (κ2) is 5.93. The number of carboxylic acids is 1. The zero-order chi connectivity index (χ0) is 15.5. The van der Waals surface area contributed by atoms with E-state index in [1.807, 2.05) is 5.32 Å². The number of hydrogen-bond donors (Lipinski definition) is 3. The standard InChI is InChI=1S/C11H13F3N2O4/c1-20-10(19)5-2-6(3-5)16-8(11(12,13)14)7(4-15)9(17)18/h4-6,15-16H,2-3H2,1H3,(H,17,18)/b8-7+,15-4?/t5-,6+. The Hall–Kier alpha value is -2.06. The number of alkyl halides is 3. The predicted octanol–water partition coefficient (Wildman–Crippen LogP) is 1.08. The largest absolute Gasteiger partial charge is 0.478 e. The Kier molecular flexibility index (Phi) is 4.74. The van der Waals surface area contributed by atoms with Crippen LogP contribution in [-0.4, -0.2) is 42.6 Å². The number of nitrogens with one attached hydrogen (secondary N) is 2. The molecule has 0 aromatic heterocycles. The lowest BCUT2D eigenvalue weighted by Crippen LogP contribution is -2.47. The fourth-order valence-electron chi connectivity index (χ4n) is 1.85. The van der Waals surface area contributed by atoms with Crippen molar-refractivity contribution < 1.29 is 32.6 Å². The van der Waals surface area contributed by atoms with Crippen LogP contribution in [0.2, 0.25) is 0 Å². The molecule has 9 heteroatoms. The molecule has 1 fully saturated rings. The zero-order valence-electron chi connectivity index (χ0n) is 10.5. The van der Waals surface area contributed by atoms with Crippen molar-refractivity contribution in [2.24, 2.45) is 5.92 Å². The fourth-order valence-corrected chi connectivity index (χ4v) is 1.85. The molecule has 0 aromatic carbocycles. The minimum Gasteiger partial charge on any atom is -0.478 e. The van der Waals surface area contributed by atoms with Crippen LogP contribution in [0.15, 0.2) is 11.3 Å². The third kappa shape index (κ3) is 3.49. The molecule has 0 atom stereocenters. The van der Waals surface area contributed by atoms with Gasteiger partial charge in [-0.2, -0.15) is 13.2 Å².